The van der Waals surface area contributed by atoms with Crippen LogP contribution in [0.15, 0.2) is 10.5 Å². The maximum absolute atomic E-state index is 13.7. The Labute approximate surface area is 101 Å². The predicted molar refractivity (Wildman–Crippen MR) is 60.1 cm³/mol. The summed E-state index contributed by atoms with van der Waals surface area (Å²) in [6.07, 6.45) is 2.85. The normalized spacial score (nSPS) is 19.0. The van der Waals surface area contributed by atoms with Crippen molar-refractivity contribution in [2.45, 2.75) is 31.2 Å². The molecule has 5 heteroatoms. The van der Waals surface area contributed by atoms with E-state index >= 15 is 0 Å². The van der Waals surface area contributed by atoms with Gasteiger partial charge in [-0.05, 0) is 34.8 Å². The molecule has 88 valence electrons. The molecule has 1 saturated carbocycles. The molecule has 3 N–H and O–H groups in total. The van der Waals surface area contributed by atoms with Crippen molar-refractivity contribution in [3.05, 3.63) is 27.7 Å². The topological polar surface area (TPSA) is 46.2 Å². The molecule has 2 rings (SSSR count). The summed E-state index contributed by atoms with van der Waals surface area (Å²) < 4.78 is 27.1. The Morgan fingerprint density at radius 3 is 2.44 bits per heavy atom. The van der Waals surface area contributed by atoms with Gasteiger partial charge >= 0.3 is 0 Å². The number of halogens is 3. The van der Waals surface area contributed by atoms with Gasteiger partial charge in [-0.2, -0.15) is 0 Å². The summed E-state index contributed by atoms with van der Waals surface area (Å²) in [5, 5.41) is 9.79. The molecule has 1 aliphatic carbocycles. The number of hydrogen-bond donors (Lipinski definition) is 2. The molecule has 1 aromatic rings. The summed E-state index contributed by atoms with van der Waals surface area (Å²) in [6, 6.07) is 0.909. The second kappa shape index (κ2) is 3.96. The second-order valence-electron chi connectivity index (χ2n) is 4.24. The van der Waals surface area contributed by atoms with Crippen molar-refractivity contribution in [3.63, 3.8) is 0 Å². The molecule has 0 atom stereocenters. The van der Waals surface area contributed by atoms with Gasteiger partial charge in [0, 0.05) is 5.54 Å². The minimum absolute atomic E-state index is 0.100. The van der Waals surface area contributed by atoms with Crippen LogP contribution in [0.4, 0.5) is 8.78 Å². The van der Waals surface area contributed by atoms with Crippen molar-refractivity contribution in [1.82, 2.24) is 0 Å². The first-order valence-corrected chi connectivity index (χ1v) is 5.91. The Bertz CT molecular complexity index is 404. The van der Waals surface area contributed by atoms with Crippen LogP contribution in [0.5, 0.6) is 5.75 Å². The van der Waals surface area contributed by atoms with Crippen molar-refractivity contribution in [1.29, 1.82) is 0 Å². The molecular formula is C11H12BrF2NO. The van der Waals surface area contributed by atoms with E-state index in [1.807, 2.05) is 0 Å². The quantitative estimate of drug-likeness (QED) is 0.781. The number of nitrogens with two attached hydrogens (primary N) is 1. The summed E-state index contributed by atoms with van der Waals surface area (Å²) in [5.74, 6) is -2.31. The van der Waals surface area contributed by atoms with Crippen LogP contribution in [0.2, 0.25) is 0 Å². The molecule has 0 amide bonds. The highest BCUT2D eigenvalue weighted by Gasteiger charge is 2.37. The number of phenolic OH excluding ortho intramolecular Hbond substituents is 1. The highest BCUT2D eigenvalue weighted by molar-refractivity contribution is 9.10. The average Bonchev–Trinajstić information content (AvgIpc) is 2.63. The maximum atomic E-state index is 13.7. The van der Waals surface area contributed by atoms with Gasteiger partial charge in [-0.1, -0.05) is 12.8 Å². The first-order valence-electron chi connectivity index (χ1n) is 5.11. The average molecular weight is 292 g/mol. The van der Waals surface area contributed by atoms with Gasteiger partial charge in [0.2, 0.25) is 0 Å². The van der Waals surface area contributed by atoms with Gasteiger partial charge in [0.25, 0.3) is 0 Å². The first-order chi connectivity index (χ1) is 7.46. The van der Waals surface area contributed by atoms with Gasteiger partial charge in [0.05, 0.1) is 10.0 Å². The van der Waals surface area contributed by atoms with E-state index in [4.69, 9.17) is 5.73 Å². The van der Waals surface area contributed by atoms with Crippen molar-refractivity contribution < 1.29 is 13.9 Å². The lowest BCUT2D eigenvalue weighted by atomic mass is 9.88. The van der Waals surface area contributed by atoms with Crippen molar-refractivity contribution in [2.24, 2.45) is 5.73 Å². The summed E-state index contributed by atoms with van der Waals surface area (Å²) in [7, 11) is 0. The van der Waals surface area contributed by atoms with Crippen LogP contribution in [-0.4, -0.2) is 5.11 Å². The Balaban J connectivity index is 2.63. The molecule has 0 unspecified atom stereocenters. The lowest BCUT2D eigenvalue weighted by Crippen LogP contribution is -2.34. The third kappa shape index (κ3) is 1.72. The monoisotopic (exact) mass is 291 g/mol. The Morgan fingerprint density at radius 1 is 1.31 bits per heavy atom. The van der Waals surface area contributed by atoms with Crippen LogP contribution in [0.25, 0.3) is 0 Å². The van der Waals surface area contributed by atoms with Crippen molar-refractivity contribution in [3.8, 4) is 5.75 Å². The van der Waals surface area contributed by atoms with Gasteiger partial charge in [0.15, 0.2) is 11.6 Å². The van der Waals surface area contributed by atoms with E-state index in [2.05, 4.69) is 15.9 Å². The first kappa shape index (κ1) is 11.8. The minimum atomic E-state index is -1.04. The van der Waals surface area contributed by atoms with Crippen LogP contribution >= 0.6 is 15.9 Å². The van der Waals surface area contributed by atoms with E-state index in [1.165, 1.54) is 0 Å². The highest BCUT2D eigenvalue weighted by Crippen LogP contribution is 2.44. The Morgan fingerprint density at radius 2 is 1.88 bits per heavy atom. The molecule has 16 heavy (non-hydrogen) atoms. The zero-order valence-corrected chi connectivity index (χ0v) is 10.2. The summed E-state index contributed by atoms with van der Waals surface area (Å²) in [5.41, 5.74) is 4.99. The zero-order chi connectivity index (χ0) is 11.9. The van der Waals surface area contributed by atoms with Crippen LogP contribution in [0.1, 0.15) is 31.2 Å². The molecule has 0 radical (unpaired) electrons. The number of phenols is 1. The standard InChI is InChI=1S/C11H12BrF2NO/c12-6-5-7(13)9(14)8(10(6)16)11(15)3-1-2-4-11/h5,16H,1-4,15H2. The molecule has 1 fully saturated rings. The number of rotatable bonds is 1. The number of hydrogen-bond acceptors (Lipinski definition) is 2. The maximum Gasteiger partial charge on any atom is 0.167 e. The van der Waals surface area contributed by atoms with Gasteiger partial charge in [-0.15, -0.1) is 0 Å². The fraction of sp³-hybridized carbons (Fsp3) is 0.455. The molecule has 0 heterocycles. The fourth-order valence-corrected chi connectivity index (χ4v) is 2.70. The SMILES string of the molecule is NC1(c2c(O)c(Br)cc(F)c2F)CCCC1. The summed E-state index contributed by atoms with van der Waals surface area (Å²) in [4.78, 5) is 0. The highest BCUT2D eigenvalue weighted by atomic mass is 79.9. The van der Waals surface area contributed by atoms with E-state index in [-0.39, 0.29) is 15.8 Å². The van der Waals surface area contributed by atoms with Crippen LogP contribution < -0.4 is 5.73 Å². The van der Waals surface area contributed by atoms with E-state index in [9.17, 15) is 13.9 Å². The second-order valence-corrected chi connectivity index (χ2v) is 5.10. The smallest absolute Gasteiger partial charge is 0.167 e. The van der Waals surface area contributed by atoms with E-state index in [1.54, 1.807) is 0 Å². The molecule has 2 nitrogen and oxygen atoms in total. The van der Waals surface area contributed by atoms with Crippen LogP contribution in [0.3, 0.4) is 0 Å². The predicted octanol–water partition coefficient (Wildman–Crippen LogP) is 3.16. The molecular weight excluding hydrogens is 280 g/mol. The lowest BCUT2D eigenvalue weighted by molar-refractivity contribution is 0.372. The molecule has 0 aromatic heterocycles. The molecule has 0 spiro atoms. The third-order valence-electron chi connectivity index (χ3n) is 3.14. The summed E-state index contributed by atoms with van der Waals surface area (Å²) >= 11 is 2.99. The van der Waals surface area contributed by atoms with Gasteiger partial charge < -0.3 is 10.8 Å². The van der Waals surface area contributed by atoms with Crippen LogP contribution in [0, 0.1) is 11.6 Å². The van der Waals surface area contributed by atoms with Crippen LogP contribution in [-0.2, 0) is 5.54 Å². The Hall–Kier alpha value is -0.680. The van der Waals surface area contributed by atoms with Gasteiger partial charge in [-0.25, -0.2) is 8.78 Å². The summed E-state index contributed by atoms with van der Waals surface area (Å²) in [6.45, 7) is 0. The van der Waals surface area contributed by atoms with E-state index in [0.29, 0.717) is 12.8 Å². The minimum Gasteiger partial charge on any atom is -0.506 e. The molecule has 1 aromatic carbocycles. The van der Waals surface area contributed by atoms with E-state index in [0.717, 1.165) is 18.9 Å². The van der Waals surface area contributed by atoms with Gasteiger partial charge in [0.1, 0.15) is 5.75 Å². The largest absolute Gasteiger partial charge is 0.506 e. The molecule has 0 aliphatic heterocycles. The van der Waals surface area contributed by atoms with Crippen molar-refractivity contribution in [2.75, 3.05) is 0 Å². The fourth-order valence-electron chi connectivity index (χ4n) is 2.30. The van der Waals surface area contributed by atoms with Gasteiger partial charge in [-0.3, -0.25) is 0 Å². The third-order valence-corrected chi connectivity index (χ3v) is 3.74. The molecule has 0 bridgehead atoms. The number of aromatic hydroxyl groups is 1. The lowest BCUT2D eigenvalue weighted by Gasteiger charge is -2.26. The van der Waals surface area contributed by atoms with Crippen molar-refractivity contribution >= 4 is 15.9 Å². The zero-order valence-electron chi connectivity index (χ0n) is 8.56. The van der Waals surface area contributed by atoms with E-state index < -0.39 is 17.2 Å². The Kier molecular flexibility index (Phi) is 2.92. The number of benzene rings is 1. The molecule has 0 saturated heterocycles. The molecule has 1 aliphatic rings.